The summed E-state index contributed by atoms with van der Waals surface area (Å²) in [6.07, 6.45) is 1.56. The number of nitrogen functional groups attached to an aromatic ring is 1. The van der Waals surface area contributed by atoms with Crippen LogP contribution in [0.1, 0.15) is 0 Å². The van der Waals surface area contributed by atoms with Crippen LogP contribution in [0.25, 0.3) is 0 Å². The minimum absolute atomic E-state index is 0.593. The molecule has 1 aliphatic rings. The number of halogens is 1. The normalized spacial score (nSPS) is 15.8. The number of aromatic nitrogens is 2. The molecule has 0 saturated carbocycles. The molecule has 6 nitrogen and oxygen atoms in total. The van der Waals surface area contributed by atoms with E-state index in [1.807, 2.05) is 24.3 Å². The molecule has 2 heterocycles. The Morgan fingerprint density at radius 2 is 1.77 bits per heavy atom. The molecule has 1 aliphatic heterocycles. The molecule has 0 amide bonds. The van der Waals surface area contributed by atoms with Crippen LogP contribution in [0.3, 0.4) is 0 Å². The van der Waals surface area contributed by atoms with Gasteiger partial charge in [-0.25, -0.2) is 9.97 Å². The summed E-state index contributed by atoms with van der Waals surface area (Å²) < 4.78 is 1.03. The van der Waals surface area contributed by atoms with E-state index in [1.165, 1.54) is 0 Å². The molecule has 2 aromatic rings. The van der Waals surface area contributed by atoms with Crippen molar-refractivity contribution in [2.24, 2.45) is 0 Å². The van der Waals surface area contributed by atoms with Crippen molar-refractivity contribution < 1.29 is 0 Å². The largest absolute Gasteiger partial charge is 0.393 e. The quantitative estimate of drug-likeness (QED) is 0.872. The van der Waals surface area contributed by atoms with Crippen molar-refractivity contribution in [1.29, 1.82) is 0 Å². The van der Waals surface area contributed by atoms with Gasteiger partial charge in [-0.05, 0) is 31.3 Å². The van der Waals surface area contributed by atoms with Gasteiger partial charge in [0.2, 0.25) is 0 Å². The van der Waals surface area contributed by atoms with Gasteiger partial charge in [-0.3, -0.25) is 0 Å². The second-order valence-electron chi connectivity index (χ2n) is 5.38. The minimum atomic E-state index is 0.593. The molecule has 1 aromatic heterocycles. The highest BCUT2D eigenvalue weighted by Gasteiger charge is 2.19. The molecule has 0 radical (unpaired) electrons. The zero-order valence-corrected chi connectivity index (χ0v) is 14.0. The lowest BCUT2D eigenvalue weighted by atomic mass is 10.3. The van der Waals surface area contributed by atoms with Crippen molar-refractivity contribution in [3.8, 4) is 0 Å². The van der Waals surface area contributed by atoms with Crippen LogP contribution in [-0.2, 0) is 0 Å². The highest BCUT2D eigenvalue weighted by Crippen LogP contribution is 2.29. The number of piperazine rings is 1. The lowest BCUT2D eigenvalue weighted by molar-refractivity contribution is 0.312. The van der Waals surface area contributed by atoms with E-state index in [0.717, 1.165) is 42.2 Å². The Kier molecular flexibility index (Phi) is 4.44. The van der Waals surface area contributed by atoms with Crippen LogP contribution in [0.5, 0.6) is 0 Å². The van der Waals surface area contributed by atoms with E-state index in [0.29, 0.717) is 11.5 Å². The van der Waals surface area contributed by atoms with E-state index in [4.69, 9.17) is 5.73 Å². The second kappa shape index (κ2) is 6.50. The van der Waals surface area contributed by atoms with Gasteiger partial charge in [0.1, 0.15) is 12.0 Å². The summed E-state index contributed by atoms with van der Waals surface area (Å²) in [6, 6.07) is 7.89. The maximum Gasteiger partial charge on any atom is 0.159 e. The van der Waals surface area contributed by atoms with Crippen molar-refractivity contribution in [1.82, 2.24) is 14.9 Å². The van der Waals surface area contributed by atoms with Crippen molar-refractivity contribution in [2.75, 3.05) is 49.2 Å². The van der Waals surface area contributed by atoms with Crippen LogP contribution in [0.2, 0.25) is 0 Å². The van der Waals surface area contributed by atoms with Crippen LogP contribution in [0, 0.1) is 0 Å². The van der Waals surface area contributed by atoms with Gasteiger partial charge in [-0.2, -0.15) is 0 Å². The molecule has 0 aliphatic carbocycles. The van der Waals surface area contributed by atoms with E-state index in [1.54, 1.807) is 6.33 Å². The molecule has 0 spiro atoms. The van der Waals surface area contributed by atoms with Crippen molar-refractivity contribution in [2.45, 2.75) is 0 Å². The second-order valence-corrected chi connectivity index (χ2v) is 6.30. The Labute approximate surface area is 138 Å². The molecule has 116 valence electrons. The summed E-state index contributed by atoms with van der Waals surface area (Å²) in [5.74, 6) is 1.45. The molecule has 3 N–H and O–H groups in total. The highest BCUT2D eigenvalue weighted by molar-refractivity contribution is 9.10. The Hall–Kier alpha value is -1.86. The van der Waals surface area contributed by atoms with Crippen LogP contribution in [-0.4, -0.2) is 48.1 Å². The van der Waals surface area contributed by atoms with Gasteiger partial charge >= 0.3 is 0 Å². The maximum absolute atomic E-state index is 6.27. The van der Waals surface area contributed by atoms with Gasteiger partial charge in [0, 0.05) is 36.3 Å². The number of hydrogen-bond acceptors (Lipinski definition) is 6. The van der Waals surface area contributed by atoms with Crippen molar-refractivity contribution in [3.05, 3.63) is 35.1 Å². The third kappa shape index (κ3) is 3.31. The first-order valence-electron chi connectivity index (χ1n) is 7.20. The molecule has 0 unspecified atom stereocenters. The summed E-state index contributed by atoms with van der Waals surface area (Å²) in [5.41, 5.74) is 7.81. The summed E-state index contributed by atoms with van der Waals surface area (Å²) in [5, 5.41) is 3.25. The number of nitrogens with two attached hydrogens (primary N) is 1. The smallest absolute Gasteiger partial charge is 0.159 e. The number of likely N-dealkylation sites (N-methyl/N-ethyl adjacent to an activating group) is 1. The van der Waals surface area contributed by atoms with E-state index in [9.17, 15) is 0 Å². The summed E-state index contributed by atoms with van der Waals surface area (Å²) >= 11 is 3.43. The number of anilines is 4. The van der Waals surface area contributed by atoms with Crippen LogP contribution in [0.15, 0.2) is 35.1 Å². The zero-order chi connectivity index (χ0) is 15.5. The number of nitrogens with one attached hydrogen (secondary N) is 1. The van der Waals surface area contributed by atoms with Crippen LogP contribution >= 0.6 is 15.9 Å². The fourth-order valence-electron chi connectivity index (χ4n) is 2.43. The molecule has 1 fully saturated rings. The number of hydrogen-bond donors (Lipinski definition) is 2. The van der Waals surface area contributed by atoms with E-state index in [2.05, 4.69) is 48.1 Å². The monoisotopic (exact) mass is 362 g/mol. The molecule has 1 aromatic carbocycles. The molecule has 3 rings (SSSR count). The maximum atomic E-state index is 6.27. The summed E-state index contributed by atoms with van der Waals surface area (Å²) in [7, 11) is 2.13. The van der Waals surface area contributed by atoms with Crippen molar-refractivity contribution >= 4 is 38.9 Å². The van der Waals surface area contributed by atoms with E-state index < -0.39 is 0 Å². The minimum Gasteiger partial charge on any atom is -0.393 e. The van der Waals surface area contributed by atoms with Crippen molar-refractivity contribution in [3.63, 3.8) is 0 Å². The molecule has 0 bridgehead atoms. The number of nitrogens with zero attached hydrogens (tertiary/aromatic N) is 4. The Bertz CT molecular complexity index is 637. The molecule has 0 atom stereocenters. The Balaban J connectivity index is 1.81. The molecular weight excluding hydrogens is 344 g/mol. The molecular formula is C15H19BrN6. The highest BCUT2D eigenvalue weighted by atomic mass is 79.9. The lowest BCUT2D eigenvalue weighted by Crippen LogP contribution is -2.45. The fourth-order valence-corrected chi connectivity index (χ4v) is 2.69. The fraction of sp³-hybridized carbons (Fsp3) is 0.333. The number of rotatable bonds is 3. The Morgan fingerprint density at radius 3 is 2.45 bits per heavy atom. The first kappa shape index (κ1) is 15.1. The average molecular weight is 363 g/mol. The van der Waals surface area contributed by atoms with Gasteiger partial charge in [-0.1, -0.05) is 15.9 Å². The van der Waals surface area contributed by atoms with Crippen LogP contribution < -0.4 is 16.0 Å². The van der Waals surface area contributed by atoms with Gasteiger partial charge in [-0.15, -0.1) is 0 Å². The molecule has 1 saturated heterocycles. The van der Waals surface area contributed by atoms with Crippen LogP contribution in [0.4, 0.5) is 23.0 Å². The van der Waals surface area contributed by atoms with Gasteiger partial charge in [0.05, 0.1) is 0 Å². The standard InChI is InChI=1S/C15H19BrN6/c1-21-6-8-22(9-7-21)15-13(17)14(18-10-19-15)20-12-4-2-11(16)3-5-12/h2-5,10H,6-9,17H2,1H3,(H,18,19,20). The predicted molar refractivity (Wildman–Crippen MR) is 93.6 cm³/mol. The molecule has 7 heteroatoms. The van der Waals surface area contributed by atoms with Gasteiger partial charge < -0.3 is 20.9 Å². The lowest BCUT2D eigenvalue weighted by Gasteiger charge is -2.33. The van der Waals surface area contributed by atoms with E-state index >= 15 is 0 Å². The Morgan fingerprint density at radius 1 is 1.09 bits per heavy atom. The first-order chi connectivity index (χ1) is 10.6. The van der Waals surface area contributed by atoms with E-state index in [-0.39, 0.29) is 0 Å². The third-order valence-corrected chi connectivity index (χ3v) is 4.30. The predicted octanol–water partition coefficient (Wildman–Crippen LogP) is 2.32. The topological polar surface area (TPSA) is 70.3 Å². The van der Waals surface area contributed by atoms with Gasteiger partial charge in [0.25, 0.3) is 0 Å². The third-order valence-electron chi connectivity index (χ3n) is 3.77. The molecule has 22 heavy (non-hydrogen) atoms. The average Bonchev–Trinajstić information content (AvgIpc) is 2.53. The zero-order valence-electron chi connectivity index (χ0n) is 12.5. The first-order valence-corrected chi connectivity index (χ1v) is 7.99. The SMILES string of the molecule is CN1CCN(c2ncnc(Nc3ccc(Br)cc3)c2N)CC1. The van der Waals surface area contributed by atoms with Gasteiger partial charge in [0.15, 0.2) is 11.6 Å². The number of benzene rings is 1. The summed E-state index contributed by atoms with van der Waals surface area (Å²) in [6.45, 7) is 3.88. The summed E-state index contributed by atoms with van der Waals surface area (Å²) in [4.78, 5) is 13.2.